The van der Waals surface area contributed by atoms with Gasteiger partial charge in [-0.05, 0) is 12.1 Å². The molecule has 1 unspecified atom stereocenters. The van der Waals surface area contributed by atoms with E-state index in [4.69, 9.17) is 15.2 Å². The summed E-state index contributed by atoms with van der Waals surface area (Å²) in [6.07, 6.45) is 1.55. The van der Waals surface area contributed by atoms with Crippen LogP contribution in [0.5, 0.6) is 0 Å². The number of nitrogens with two attached hydrogens (primary N) is 1. The fourth-order valence-electron chi connectivity index (χ4n) is 3.02. The van der Waals surface area contributed by atoms with Crippen molar-refractivity contribution in [3.05, 3.63) is 48.5 Å². The number of carbonyl (C=O) groups is 1. The van der Waals surface area contributed by atoms with Crippen LogP contribution in [0.2, 0.25) is 0 Å². The molecule has 1 aromatic carbocycles. The Bertz CT molecular complexity index is 929. The third-order valence-electron chi connectivity index (χ3n) is 4.33. The number of imidazole rings is 1. The molecule has 0 spiro atoms. The number of ether oxygens (including phenoxy) is 2. The number of aliphatic hydroxyl groups is 1. The molecule has 134 valence electrons. The SMILES string of the molecule is Nc1ncnc2c1ncn2[C@H]1CC(OC(=O)c2ccccc2)[C@@H](CO)O1. The summed E-state index contributed by atoms with van der Waals surface area (Å²) < 4.78 is 13.1. The third kappa shape index (κ3) is 2.87. The van der Waals surface area contributed by atoms with E-state index >= 15 is 0 Å². The molecule has 3 atom stereocenters. The quantitative estimate of drug-likeness (QED) is 0.662. The summed E-state index contributed by atoms with van der Waals surface area (Å²) in [5, 5.41) is 9.61. The molecule has 2 aromatic heterocycles. The first-order valence-corrected chi connectivity index (χ1v) is 8.12. The van der Waals surface area contributed by atoms with Crippen LogP contribution in [0.1, 0.15) is 23.0 Å². The molecule has 0 saturated carbocycles. The van der Waals surface area contributed by atoms with Crippen molar-refractivity contribution in [1.29, 1.82) is 0 Å². The fourth-order valence-corrected chi connectivity index (χ4v) is 3.02. The summed E-state index contributed by atoms with van der Waals surface area (Å²) in [6.45, 7) is -0.271. The molecule has 0 radical (unpaired) electrons. The predicted octanol–water partition coefficient (Wildman–Crippen LogP) is 0.914. The summed E-state index contributed by atoms with van der Waals surface area (Å²) >= 11 is 0. The molecule has 0 amide bonds. The number of nitrogens with zero attached hydrogens (tertiary/aromatic N) is 4. The number of aromatic nitrogens is 4. The van der Waals surface area contributed by atoms with Gasteiger partial charge in [-0.25, -0.2) is 19.7 Å². The van der Waals surface area contributed by atoms with E-state index in [0.29, 0.717) is 23.1 Å². The number of carbonyl (C=O) groups excluding carboxylic acids is 1. The molecule has 4 rings (SSSR count). The van der Waals surface area contributed by atoms with E-state index in [1.165, 1.54) is 6.33 Å². The molecule has 0 aliphatic carbocycles. The van der Waals surface area contributed by atoms with E-state index in [1.54, 1.807) is 35.2 Å². The van der Waals surface area contributed by atoms with Gasteiger partial charge >= 0.3 is 5.97 Å². The van der Waals surface area contributed by atoms with E-state index in [0.717, 1.165) is 0 Å². The molecule has 1 aliphatic heterocycles. The first-order chi connectivity index (χ1) is 12.7. The molecule has 3 aromatic rings. The Morgan fingerprint density at radius 1 is 1.31 bits per heavy atom. The number of hydrogen-bond donors (Lipinski definition) is 2. The molecule has 26 heavy (non-hydrogen) atoms. The zero-order valence-corrected chi connectivity index (χ0v) is 13.7. The van der Waals surface area contributed by atoms with E-state index in [1.807, 2.05) is 6.07 Å². The van der Waals surface area contributed by atoms with Gasteiger partial charge in [0.1, 0.15) is 30.3 Å². The van der Waals surface area contributed by atoms with Crippen LogP contribution in [0, 0.1) is 0 Å². The number of aliphatic hydroxyl groups excluding tert-OH is 1. The largest absolute Gasteiger partial charge is 0.456 e. The van der Waals surface area contributed by atoms with Crippen molar-refractivity contribution in [2.75, 3.05) is 12.3 Å². The number of hydrogen-bond acceptors (Lipinski definition) is 8. The van der Waals surface area contributed by atoms with Gasteiger partial charge in [-0.3, -0.25) is 4.57 Å². The lowest BCUT2D eigenvalue weighted by molar-refractivity contribution is -0.0500. The molecular formula is C17H17N5O4. The zero-order chi connectivity index (χ0) is 18.1. The van der Waals surface area contributed by atoms with Crippen molar-refractivity contribution in [3.8, 4) is 0 Å². The molecular weight excluding hydrogens is 338 g/mol. The highest BCUT2D eigenvalue weighted by Gasteiger charge is 2.39. The van der Waals surface area contributed by atoms with Crippen molar-refractivity contribution in [1.82, 2.24) is 19.5 Å². The number of rotatable bonds is 4. The van der Waals surface area contributed by atoms with Crippen LogP contribution in [0.3, 0.4) is 0 Å². The second-order valence-corrected chi connectivity index (χ2v) is 5.94. The molecule has 1 aliphatic rings. The van der Waals surface area contributed by atoms with Crippen LogP contribution in [-0.4, -0.2) is 49.4 Å². The van der Waals surface area contributed by atoms with Crippen LogP contribution in [-0.2, 0) is 9.47 Å². The van der Waals surface area contributed by atoms with E-state index in [-0.39, 0.29) is 12.4 Å². The van der Waals surface area contributed by atoms with Crippen LogP contribution in [0.25, 0.3) is 11.2 Å². The molecule has 3 heterocycles. The van der Waals surface area contributed by atoms with Gasteiger partial charge in [-0.15, -0.1) is 0 Å². The van der Waals surface area contributed by atoms with Crippen LogP contribution in [0.4, 0.5) is 5.82 Å². The molecule has 9 heteroatoms. The van der Waals surface area contributed by atoms with Crippen molar-refractivity contribution in [2.24, 2.45) is 0 Å². The normalized spacial score (nSPS) is 22.6. The molecule has 0 bridgehead atoms. The number of anilines is 1. The lowest BCUT2D eigenvalue weighted by Gasteiger charge is -2.16. The monoisotopic (exact) mass is 355 g/mol. The standard InChI is InChI=1S/C17H17N5O4/c18-15-14-16(20-8-19-15)22(9-21-14)13-6-11(12(7-23)25-13)26-17(24)10-4-2-1-3-5-10/h1-5,8-9,11-13,23H,6-7H2,(H2,18,19,20)/t11?,12-,13-/m1/s1. The highest BCUT2D eigenvalue weighted by Crippen LogP contribution is 2.33. The van der Waals surface area contributed by atoms with Gasteiger partial charge in [0.25, 0.3) is 0 Å². The lowest BCUT2D eigenvalue weighted by atomic mass is 10.1. The summed E-state index contributed by atoms with van der Waals surface area (Å²) in [5.74, 6) is -0.183. The van der Waals surface area contributed by atoms with Crippen molar-refractivity contribution >= 4 is 23.0 Å². The second-order valence-electron chi connectivity index (χ2n) is 5.94. The molecule has 1 fully saturated rings. The minimum absolute atomic E-state index is 0.271. The van der Waals surface area contributed by atoms with E-state index < -0.39 is 24.4 Å². The van der Waals surface area contributed by atoms with Crippen LogP contribution >= 0.6 is 0 Å². The average Bonchev–Trinajstić information content (AvgIpc) is 3.27. The highest BCUT2D eigenvalue weighted by molar-refractivity contribution is 5.89. The molecule has 3 N–H and O–H groups in total. The Labute approximate surface area is 148 Å². The first kappa shape index (κ1) is 16.4. The van der Waals surface area contributed by atoms with Gasteiger partial charge in [0, 0.05) is 6.42 Å². The van der Waals surface area contributed by atoms with Crippen molar-refractivity contribution < 1.29 is 19.4 Å². The topological polar surface area (TPSA) is 125 Å². The Morgan fingerprint density at radius 2 is 2.12 bits per heavy atom. The average molecular weight is 355 g/mol. The Hall–Kier alpha value is -3.04. The van der Waals surface area contributed by atoms with Gasteiger partial charge < -0.3 is 20.3 Å². The third-order valence-corrected chi connectivity index (χ3v) is 4.33. The Balaban J connectivity index is 1.55. The Kier molecular flexibility index (Phi) is 4.23. The Morgan fingerprint density at radius 3 is 2.88 bits per heavy atom. The highest BCUT2D eigenvalue weighted by atomic mass is 16.6. The van der Waals surface area contributed by atoms with E-state index in [9.17, 15) is 9.90 Å². The lowest BCUT2D eigenvalue weighted by Crippen LogP contribution is -2.30. The molecule has 9 nitrogen and oxygen atoms in total. The second kappa shape index (κ2) is 6.70. The van der Waals surface area contributed by atoms with Crippen LogP contribution < -0.4 is 5.73 Å². The van der Waals surface area contributed by atoms with Gasteiger partial charge in [-0.2, -0.15) is 0 Å². The zero-order valence-electron chi connectivity index (χ0n) is 13.7. The van der Waals surface area contributed by atoms with Crippen molar-refractivity contribution in [2.45, 2.75) is 24.9 Å². The summed E-state index contributed by atoms with van der Waals surface area (Å²) in [4.78, 5) is 24.6. The van der Waals surface area contributed by atoms with Gasteiger partial charge in [0.2, 0.25) is 0 Å². The number of benzene rings is 1. The van der Waals surface area contributed by atoms with Crippen molar-refractivity contribution in [3.63, 3.8) is 0 Å². The van der Waals surface area contributed by atoms with Crippen LogP contribution in [0.15, 0.2) is 43.0 Å². The number of esters is 1. The maximum atomic E-state index is 12.3. The first-order valence-electron chi connectivity index (χ1n) is 8.12. The van der Waals surface area contributed by atoms with Gasteiger partial charge in [-0.1, -0.05) is 18.2 Å². The number of fused-ring (bicyclic) bond motifs is 1. The van der Waals surface area contributed by atoms with Gasteiger partial charge in [0.15, 0.2) is 11.5 Å². The predicted molar refractivity (Wildman–Crippen MR) is 91.0 cm³/mol. The maximum absolute atomic E-state index is 12.3. The number of nitrogen functional groups attached to an aromatic ring is 1. The van der Waals surface area contributed by atoms with E-state index in [2.05, 4.69) is 15.0 Å². The summed E-state index contributed by atoms with van der Waals surface area (Å²) in [5.41, 5.74) is 7.24. The minimum atomic E-state index is -0.635. The smallest absolute Gasteiger partial charge is 0.338 e. The maximum Gasteiger partial charge on any atom is 0.338 e. The summed E-state index contributed by atoms with van der Waals surface area (Å²) in [7, 11) is 0. The fraction of sp³-hybridized carbons (Fsp3) is 0.294. The van der Waals surface area contributed by atoms with Gasteiger partial charge in [0.05, 0.1) is 18.5 Å². The summed E-state index contributed by atoms with van der Waals surface area (Å²) in [6, 6.07) is 8.69. The minimum Gasteiger partial charge on any atom is -0.456 e. The molecule has 1 saturated heterocycles.